The molecule has 0 bridgehead atoms. The fourth-order valence-electron chi connectivity index (χ4n) is 6.70. The molecule has 9 atom stereocenters. The van der Waals surface area contributed by atoms with E-state index in [4.69, 9.17) is 22.9 Å². The van der Waals surface area contributed by atoms with E-state index in [-0.39, 0.29) is 31.7 Å². The smallest absolute Gasteiger partial charge is 0.245 e. The molecule has 380 valence electrons. The molecular formula is C45H74N12O11. The Labute approximate surface area is 397 Å². The number of amides is 10. The van der Waals surface area contributed by atoms with Gasteiger partial charge in [-0.05, 0) is 83.2 Å². The maximum atomic E-state index is 13.9. The number of nitrogens with one attached hydrogen (secondary N) is 7. The first-order valence-corrected chi connectivity index (χ1v) is 22.7. The van der Waals surface area contributed by atoms with Crippen molar-refractivity contribution in [3.63, 3.8) is 0 Å². The van der Waals surface area contributed by atoms with Gasteiger partial charge in [0.25, 0.3) is 0 Å². The van der Waals surface area contributed by atoms with E-state index in [1.807, 2.05) is 19.9 Å². The van der Waals surface area contributed by atoms with Gasteiger partial charge < -0.3 is 69.8 Å². The Morgan fingerprint density at radius 1 is 0.618 bits per heavy atom. The summed E-state index contributed by atoms with van der Waals surface area (Å²) in [6.07, 6.45) is 0.430. The van der Waals surface area contributed by atoms with Crippen molar-refractivity contribution in [2.24, 2.45) is 34.8 Å². The highest BCUT2D eigenvalue weighted by Gasteiger charge is 2.35. The van der Waals surface area contributed by atoms with Gasteiger partial charge in [0.15, 0.2) is 0 Å². The third-order valence-corrected chi connectivity index (χ3v) is 10.8. The number of aldehydes is 1. The maximum Gasteiger partial charge on any atom is 0.245 e. The van der Waals surface area contributed by atoms with Crippen LogP contribution in [0.5, 0.6) is 0 Å². The summed E-state index contributed by atoms with van der Waals surface area (Å²) in [5, 5.41) is 17.6. The topological polar surface area (TPSA) is 379 Å². The Hall–Kier alpha value is -6.49. The fraction of sp³-hybridized carbons (Fsp3) is 0.622. The van der Waals surface area contributed by atoms with Crippen LogP contribution in [0, 0.1) is 11.8 Å². The fourth-order valence-corrected chi connectivity index (χ4v) is 6.70. The normalized spacial score (nSPS) is 15.1. The van der Waals surface area contributed by atoms with Gasteiger partial charge in [-0.2, -0.15) is 0 Å². The number of primary amides is 2. The molecule has 0 radical (unpaired) electrons. The second-order valence-corrected chi connectivity index (χ2v) is 17.6. The molecule has 0 aliphatic rings. The number of hydrogen-bond donors (Lipinski definition) is 11. The first-order chi connectivity index (χ1) is 31.8. The van der Waals surface area contributed by atoms with E-state index in [1.165, 1.54) is 27.8 Å². The molecule has 23 heteroatoms. The Bertz CT molecular complexity index is 1900. The summed E-state index contributed by atoms with van der Waals surface area (Å²) in [6, 6.07) is -2.06. The molecule has 23 nitrogen and oxygen atoms in total. The Kier molecular flexibility index (Phi) is 26.3. The quantitative estimate of drug-likeness (QED) is 0.0262. The van der Waals surface area contributed by atoms with Crippen molar-refractivity contribution in [1.29, 1.82) is 0 Å². The monoisotopic (exact) mass is 959 g/mol. The van der Waals surface area contributed by atoms with Gasteiger partial charge in [0.1, 0.15) is 48.6 Å². The zero-order valence-corrected chi connectivity index (χ0v) is 40.4. The molecule has 0 aliphatic heterocycles. The van der Waals surface area contributed by atoms with Crippen molar-refractivity contribution in [2.45, 2.75) is 154 Å². The number of nitrogens with two attached hydrogens (primary N) is 4. The number of carbonyl (C=O) groups is 11. The minimum Gasteiger partial charge on any atom is -0.370 e. The molecule has 1 aromatic rings. The van der Waals surface area contributed by atoms with Crippen molar-refractivity contribution < 1.29 is 52.7 Å². The van der Waals surface area contributed by atoms with Crippen molar-refractivity contribution >= 4 is 65.4 Å². The number of carbonyl (C=O) groups excluding carboxylic acids is 11. The number of unbranched alkanes of at least 4 members (excludes halogenated alkanes) is 1. The van der Waals surface area contributed by atoms with Crippen LogP contribution < -0.4 is 60.2 Å². The number of rotatable bonds is 31. The molecule has 0 spiro atoms. The van der Waals surface area contributed by atoms with E-state index in [1.54, 1.807) is 38.1 Å². The van der Waals surface area contributed by atoms with Crippen LogP contribution in [-0.4, -0.2) is 138 Å². The number of nitrogens with zero attached hydrogens (tertiary/aromatic N) is 1. The summed E-state index contributed by atoms with van der Waals surface area (Å²) in [7, 11) is 1.27. The van der Waals surface area contributed by atoms with Gasteiger partial charge in [-0.15, -0.1) is 0 Å². The van der Waals surface area contributed by atoms with Gasteiger partial charge in [-0.1, -0.05) is 58.0 Å². The third kappa shape index (κ3) is 21.4. The maximum absolute atomic E-state index is 13.9. The predicted molar refractivity (Wildman–Crippen MR) is 251 cm³/mol. The summed E-state index contributed by atoms with van der Waals surface area (Å²) < 4.78 is 0. The van der Waals surface area contributed by atoms with E-state index in [2.05, 4.69) is 37.2 Å². The van der Waals surface area contributed by atoms with Gasteiger partial charge in [0, 0.05) is 13.5 Å². The molecule has 0 aliphatic carbocycles. The minimum absolute atomic E-state index is 0.0349. The lowest BCUT2D eigenvalue weighted by molar-refractivity contribution is -0.142. The average Bonchev–Trinajstić information content (AvgIpc) is 3.27. The van der Waals surface area contributed by atoms with E-state index in [9.17, 15) is 52.7 Å². The largest absolute Gasteiger partial charge is 0.370 e. The summed E-state index contributed by atoms with van der Waals surface area (Å²) in [5.74, 6) is -8.71. The molecular weight excluding hydrogens is 885 g/mol. The molecule has 15 N–H and O–H groups in total. The Morgan fingerprint density at radius 2 is 1.16 bits per heavy atom. The van der Waals surface area contributed by atoms with Gasteiger partial charge in [0.2, 0.25) is 59.1 Å². The van der Waals surface area contributed by atoms with Gasteiger partial charge >= 0.3 is 0 Å². The van der Waals surface area contributed by atoms with E-state index in [0.29, 0.717) is 25.5 Å². The van der Waals surface area contributed by atoms with Crippen molar-refractivity contribution in [3.8, 4) is 0 Å². The molecule has 0 unspecified atom stereocenters. The first-order valence-electron chi connectivity index (χ1n) is 22.7. The van der Waals surface area contributed by atoms with Crippen LogP contribution in [0.3, 0.4) is 0 Å². The van der Waals surface area contributed by atoms with Crippen LogP contribution in [0.1, 0.15) is 99.0 Å². The lowest BCUT2D eigenvalue weighted by atomic mass is 10.00. The first kappa shape index (κ1) is 59.5. The molecule has 68 heavy (non-hydrogen) atoms. The predicted octanol–water partition coefficient (Wildman–Crippen LogP) is -2.99. The van der Waals surface area contributed by atoms with Crippen molar-refractivity contribution in [1.82, 2.24) is 42.1 Å². The highest BCUT2D eigenvalue weighted by molar-refractivity contribution is 5.99. The van der Waals surface area contributed by atoms with Gasteiger partial charge in [0.05, 0.1) is 18.5 Å². The summed E-state index contributed by atoms with van der Waals surface area (Å²) in [4.78, 5) is 144. The SMILES string of the molecule is CC(C)C[C@@H](C=O)NC(=O)[C@H](C)NC(=O)[C@H](C)N(C)C(=O)[C@H](C)NC(=O)[C@H](CC(N)=O)NC(=O)[C@H](CCC(N)=O)NC(=O)[C@H](CCCCN)NC(=O)[C@@H](NC(=O)[C@@H](N)Cc1ccccc1)C(C)C. The Morgan fingerprint density at radius 3 is 1.69 bits per heavy atom. The molecule has 0 aromatic heterocycles. The molecule has 0 saturated heterocycles. The summed E-state index contributed by atoms with van der Waals surface area (Å²) in [6.45, 7) is 11.4. The lowest BCUT2D eigenvalue weighted by Crippen LogP contribution is -2.60. The third-order valence-electron chi connectivity index (χ3n) is 10.8. The standard InChI is InChI=1S/C45H74N12O11/c1-24(2)20-30(23-58)52-38(61)26(5)50-39(62)28(7)57(8)45(68)27(6)51-43(66)34(22-36(49)60)55-42(65)33(17-18-35(48)59)53-41(64)32(16-12-13-19-46)54-44(67)37(25(3)4)56-40(63)31(47)21-29-14-10-9-11-15-29/h9-11,14-15,23-28,30-34,37H,12-13,16-22,46-47H2,1-8H3,(H2,48,59)(H2,49,60)(H,50,62)(H,51,66)(H,52,61)(H,53,64)(H,54,67)(H,55,65)(H,56,63)/t26-,27-,28-,30-,31-,32-,33-,34-,37-/m0/s1. The summed E-state index contributed by atoms with van der Waals surface area (Å²) >= 11 is 0. The zero-order valence-electron chi connectivity index (χ0n) is 40.4. The van der Waals surface area contributed by atoms with E-state index < -0.39 is 132 Å². The van der Waals surface area contributed by atoms with E-state index >= 15 is 0 Å². The highest BCUT2D eigenvalue weighted by Crippen LogP contribution is 2.11. The van der Waals surface area contributed by atoms with Crippen LogP contribution >= 0.6 is 0 Å². The van der Waals surface area contributed by atoms with Crippen molar-refractivity contribution in [2.75, 3.05) is 13.6 Å². The van der Waals surface area contributed by atoms with E-state index in [0.717, 1.165) is 10.5 Å². The number of likely N-dealkylation sites (N-methyl/N-ethyl adjacent to an activating group) is 1. The molecule has 1 rings (SSSR count). The van der Waals surface area contributed by atoms with Crippen LogP contribution in [0.2, 0.25) is 0 Å². The molecule has 0 heterocycles. The van der Waals surface area contributed by atoms with Crippen molar-refractivity contribution in [3.05, 3.63) is 35.9 Å². The lowest BCUT2D eigenvalue weighted by Gasteiger charge is -2.29. The average molecular weight is 959 g/mol. The minimum atomic E-state index is -1.72. The van der Waals surface area contributed by atoms with Crippen LogP contribution in [0.15, 0.2) is 30.3 Å². The number of benzene rings is 1. The van der Waals surface area contributed by atoms with Crippen LogP contribution in [0.25, 0.3) is 0 Å². The molecule has 0 fully saturated rings. The van der Waals surface area contributed by atoms with Gasteiger partial charge in [-0.3, -0.25) is 47.9 Å². The zero-order chi connectivity index (χ0) is 51.8. The van der Waals surface area contributed by atoms with Crippen LogP contribution in [-0.2, 0) is 59.2 Å². The van der Waals surface area contributed by atoms with Gasteiger partial charge in [-0.25, -0.2) is 0 Å². The Balaban J connectivity index is 3.20. The summed E-state index contributed by atoms with van der Waals surface area (Å²) in [5.41, 5.74) is 23.4. The molecule has 1 aromatic carbocycles. The molecule has 10 amide bonds. The molecule has 0 saturated carbocycles. The second-order valence-electron chi connectivity index (χ2n) is 17.6. The number of hydrogen-bond acceptors (Lipinski definition) is 13. The second kappa shape index (κ2) is 30.0. The highest BCUT2D eigenvalue weighted by atomic mass is 16.2. The van der Waals surface area contributed by atoms with Crippen LogP contribution in [0.4, 0.5) is 0 Å².